The minimum Gasteiger partial charge on any atom is -0.356 e. The highest BCUT2D eigenvalue weighted by atomic mass is 35.5. The van der Waals surface area contributed by atoms with Gasteiger partial charge < -0.3 is 15.4 Å². The van der Waals surface area contributed by atoms with Crippen LogP contribution in [0.5, 0.6) is 0 Å². The van der Waals surface area contributed by atoms with Crippen LogP contribution in [0.25, 0.3) is 0 Å². The van der Waals surface area contributed by atoms with E-state index in [1.165, 1.54) is 0 Å². The predicted molar refractivity (Wildman–Crippen MR) is 96.6 cm³/mol. The molecule has 3 rings (SSSR count). The summed E-state index contributed by atoms with van der Waals surface area (Å²) in [4.78, 5) is 24.5. The summed E-state index contributed by atoms with van der Waals surface area (Å²) >= 11 is 6.24. The number of carbonyl (C=O) groups is 2. The number of hydrogen-bond donors (Lipinski definition) is 2. The van der Waals surface area contributed by atoms with Crippen LogP contribution < -0.4 is 10.6 Å². The summed E-state index contributed by atoms with van der Waals surface area (Å²) in [7, 11) is 0. The lowest BCUT2D eigenvalue weighted by atomic mass is 9.99. The van der Waals surface area contributed by atoms with Crippen LogP contribution >= 0.6 is 11.6 Å². The van der Waals surface area contributed by atoms with Crippen molar-refractivity contribution in [2.24, 2.45) is 0 Å². The highest BCUT2D eigenvalue weighted by Crippen LogP contribution is 2.28. The van der Waals surface area contributed by atoms with Crippen LogP contribution in [-0.4, -0.2) is 34.3 Å². The van der Waals surface area contributed by atoms with Crippen LogP contribution in [0, 0.1) is 6.92 Å². The van der Waals surface area contributed by atoms with Gasteiger partial charge in [0.25, 0.3) is 5.91 Å². The maximum Gasteiger partial charge on any atom is 0.251 e. The van der Waals surface area contributed by atoms with Crippen LogP contribution in [-0.2, 0) is 27.4 Å². The Kier molecular flexibility index (Phi) is 5.58. The fourth-order valence-corrected chi connectivity index (χ4v) is 3.26. The summed E-state index contributed by atoms with van der Waals surface area (Å²) in [6.07, 6.45) is 0.892. The fraction of sp³-hybridized carbons (Fsp3) is 0.389. The van der Waals surface area contributed by atoms with Crippen molar-refractivity contribution in [1.82, 2.24) is 20.4 Å². The van der Waals surface area contributed by atoms with Gasteiger partial charge in [0.15, 0.2) is 6.10 Å². The summed E-state index contributed by atoms with van der Waals surface area (Å²) in [5.41, 5.74) is 2.60. The van der Waals surface area contributed by atoms with Crippen molar-refractivity contribution < 1.29 is 14.3 Å². The van der Waals surface area contributed by atoms with Gasteiger partial charge in [0.2, 0.25) is 5.91 Å². The molecule has 2 atom stereocenters. The Labute approximate surface area is 156 Å². The van der Waals surface area contributed by atoms with Crippen molar-refractivity contribution in [3.63, 3.8) is 0 Å². The van der Waals surface area contributed by atoms with Crippen LogP contribution in [0.2, 0.25) is 5.02 Å². The summed E-state index contributed by atoms with van der Waals surface area (Å²) < 4.78 is 7.38. The Morgan fingerprint density at radius 2 is 2.23 bits per heavy atom. The first kappa shape index (κ1) is 18.4. The van der Waals surface area contributed by atoms with E-state index in [0.29, 0.717) is 17.1 Å². The van der Waals surface area contributed by atoms with Crippen LogP contribution in [0.1, 0.15) is 29.8 Å². The SMILES string of the molecule is CCn1ncc(CNC(=O)[C@H]2OCC(=O)N[C@@H]2c2ccccc2Cl)c1C. The van der Waals surface area contributed by atoms with Gasteiger partial charge in [-0.15, -0.1) is 0 Å². The molecule has 0 spiro atoms. The third-order valence-electron chi connectivity index (χ3n) is 4.47. The van der Waals surface area contributed by atoms with Crippen molar-refractivity contribution in [3.8, 4) is 0 Å². The van der Waals surface area contributed by atoms with Crippen LogP contribution in [0.15, 0.2) is 30.5 Å². The first-order valence-electron chi connectivity index (χ1n) is 8.45. The largest absolute Gasteiger partial charge is 0.356 e. The normalized spacial score (nSPS) is 19.9. The average molecular weight is 377 g/mol. The molecule has 0 aliphatic carbocycles. The molecule has 2 heterocycles. The third-order valence-corrected chi connectivity index (χ3v) is 4.81. The average Bonchev–Trinajstić information content (AvgIpc) is 3.00. The number of halogens is 1. The van der Waals surface area contributed by atoms with Crippen LogP contribution in [0.4, 0.5) is 0 Å². The molecule has 26 heavy (non-hydrogen) atoms. The number of aromatic nitrogens is 2. The van der Waals surface area contributed by atoms with Gasteiger partial charge in [-0.05, 0) is 25.5 Å². The maximum absolute atomic E-state index is 12.7. The van der Waals surface area contributed by atoms with Gasteiger partial charge in [0.05, 0.1) is 12.2 Å². The summed E-state index contributed by atoms with van der Waals surface area (Å²) in [5, 5.41) is 10.4. The van der Waals surface area contributed by atoms with Gasteiger partial charge in [-0.25, -0.2) is 0 Å². The molecule has 2 amide bonds. The number of benzene rings is 1. The molecule has 1 aromatic heterocycles. The number of rotatable bonds is 5. The van der Waals surface area contributed by atoms with Crippen molar-refractivity contribution in [2.45, 2.75) is 39.1 Å². The second kappa shape index (κ2) is 7.88. The Balaban J connectivity index is 1.74. The lowest BCUT2D eigenvalue weighted by molar-refractivity contribution is -0.148. The molecule has 1 saturated heterocycles. The number of ether oxygens (including phenoxy) is 1. The second-order valence-electron chi connectivity index (χ2n) is 6.09. The molecule has 2 N–H and O–H groups in total. The van der Waals surface area contributed by atoms with Gasteiger partial charge in [-0.1, -0.05) is 29.8 Å². The fourth-order valence-electron chi connectivity index (χ4n) is 3.01. The number of hydrogen-bond acceptors (Lipinski definition) is 4. The smallest absolute Gasteiger partial charge is 0.251 e. The maximum atomic E-state index is 12.7. The molecular formula is C18H21ClN4O3. The third kappa shape index (κ3) is 3.73. The van der Waals surface area contributed by atoms with E-state index in [-0.39, 0.29) is 18.4 Å². The summed E-state index contributed by atoms with van der Waals surface area (Å²) in [6, 6.07) is 6.46. The summed E-state index contributed by atoms with van der Waals surface area (Å²) in [5.74, 6) is -0.586. The molecule has 0 bridgehead atoms. The lowest BCUT2D eigenvalue weighted by Crippen LogP contribution is -2.52. The van der Waals surface area contributed by atoms with Crippen LogP contribution in [0.3, 0.4) is 0 Å². The second-order valence-corrected chi connectivity index (χ2v) is 6.49. The number of morpholine rings is 1. The van der Waals surface area contributed by atoms with E-state index in [2.05, 4.69) is 15.7 Å². The Morgan fingerprint density at radius 1 is 1.46 bits per heavy atom. The van der Waals surface area contributed by atoms with E-state index < -0.39 is 12.1 Å². The lowest BCUT2D eigenvalue weighted by Gasteiger charge is -2.32. The van der Waals surface area contributed by atoms with E-state index in [0.717, 1.165) is 17.8 Å². The number of aryl methyl sites for hydroxylation is 1. The summed E-state index contributed by atoms with van der Waals surface area (Å²) in [6.45, 7) is 4.92. The molecule has 0 unspecified atom stereocenters. The van der Waals surface area contributed by atoms with E-state index >= 15 is 0 Å². The molecule has 7 nitrogen and oxygen atoms in total. The molecule has 2 aromatic rings. The van der Waals surface area contributed by atoms with Gasteiger partial charge in [0.1, 0.15) is 6.61 Å². The van der Waals surface area contributed by atoms with Crippen molar-refractivity contribution in [1.29, 1.82) is 0 Å². The zero-order valence-corrected chi connectivity index (χ0v) is 15.4. The standard InChI is InChI=1S/C18H21ClN4O3/c1-3-23-11(2)12(9-21-23)8-20-18(25)17-16(22-15(24)10-26-17)13-6-4-5-7-14(13)19/h4-7,9,16-17H,3,8,10H2,1-2H3,(H,20,25)(H,22,24)/t16-,17+/m1/s1. The van der Waals surface area contributed by atoms with E-state index in [4.69, 9.17) is 16.3 Å². The number of carbonyl (C=O) groups excluding carboxylic acids is 2. The van der Waals surface area contributed by atoms with Gasteiger partial charge in [-0.2, -0.15) is 5.10 Å². The first-order chi connectivity index (χ1) is 12.5. The zero-order chi connectivity index (χ0) is 18.7. The van der Waals surface area contributed by atoms with Gasteiger partial charge >= 0.3 is 0 Å². The van der Waals surface area contributed by atoms with Crippen molar-refractivity contribution >= 4 is 23.4 Å². The molecular weight excluding hydrogens is 356 g/mol. The quantitative estimate of drug-likeness (QED) is 0.832. The molecule has 8 heteroatoms. The van der Waals surface area contributed by atoms with Crippen molar-refractivity contribution in [2.75, 3.05) is 6.61 Å². The topological polar surface area (TPSA) is 85.2 Å². The predicted octanol–water partition coefficient (Wildman–Crippen LogP) is 1.74. The number of amides is 2. The van der Waals surface area contributed by atoms with E-state index in [1.54, 1.807) is 30.5 Å². The minimum absolute atomic E-state index is 0.161. The Morgan fingerprint density at radius 3 is 2.92 bits per heavy atom. The Hall–Kier alpha value is -2.38. The molecule has 1 fully saturated rings. The molecule has 138 valence electrons. The monoisotopic (exact) mass is 376 g/mol. The minimum atomic E-state index is -0.853. The van der Waals surface area contributed by atoms with Crippen molar-refractivity contribution in [3.05, 3.63) is 52.3 Å². The highest BCUT2D eigenvalue weighted by molar-refractivity contribution is 6.31. The molecule has 1 aliphatic heterocycles. The van der Waals surface area contributed by atoms with Gasteiger partial charge in [-0.3, -0.25) is 14.3 Å². The zero-order valence-electron chi connectivity index (χ0n) is 14.7. The Bertz CT molecular complexity index is 821. The highest BCUT2D eigenvalue weighted by Gasteiger charge is 2.37. The van der Waals surface area contributed by atoms with Gasteiger partial charge in [0, 0.05) is 29.4 Å². The molecule has 1 aromatic carbocycles. The first-order valence-corrected chi connectivity index (χ1v) is 8.83. The molecule has 0 radical (unpaired) electrons. The van der Waals surface area contributed by atoms with E-state index in [1.807, 2.05) is 18.5 Å². The molecule has 0 saturated carbocycles. The number of nitrogens with one attached hydrogen (secondary N) is 2. The molecule has 1 aliphatic rings. The van der Waals surface area contributed by atoms with E-state index in [9.17, 15) is 9.59 Å². The number of nitrogens with zero attached hydrogens (tertiary/aromatic N) is 2.